The molecule has 20 heavy (non-hydrogen) atoms. The minimum atomic E-state index is -0.0977. The van der Waals surface area contributed by atoms with E-state index in [2.05, 4.69) is 55.2 Å². The van der Waals surface area contributed by atoms with Crippen molar-refractivity contribution in [3.63, 3.8) is 0 Å². The van der Waals surface area contributed by atoms with Gasteiger partial charge in [0, 0.05) is 11.6 Å². The standard InChI is InChI=1S/C18H18N2/c1-12-5-3-7-16(13(12)2)18(19)15-8-9-17-14(11-15)6-4-10-20-17/h3-11,18H,19H2,1-2H3. The predicted molar refractivity (Wildman–Crippen MR) is 83.7 cm³/mol. The maximum Gasteiger partial charge on any atom is 0.0702 e. The summed E-state index contributed by atoms with van der Waals surface area (Å²) in [4.78, 5) is 4.35. The summed E-state index contributed by atoms with van der Waals surface area (Å²) in [5.74, 6) is 0. The van der Waals surface area contributed by atoms with Gasteiger partial charge in [0.05, 0.1) is 11.6 Å². The van der Waals surface area contributed by atoms with E-state index in [1.54, 1.807) is 0 Å². The Hall–Kier alpha value is -2.19. The van der Waals surface area contributed by atoms with Crippen LogP contribution in [-0.2, 0) is 0 Å². The average molecular weight is 262 g/mol. The third kappa shape index (κ3) is 2.19. The molecule has 3 aromatic rings. The van der Waals surface area contributed by atoms with Crippen molar-refractivity contribution in [3.8, 4) is 0 Å². The first-order valence-electron chi connectivity index (χ1n) is 6.83. The fourth-order valence-corrected chi connectivity index (χ4v) is 2.58. The normalized spacial score (nSPS) is 12.6. The van der Waals surface area contributed by atoms with Crippen molar-refractivity contribution in [2.75, 3.05) is 0 Å². The van der Waals surface area contributed by atoms with Crippen LogP contribution in [0.5, 0.6) is 0 Å². The molecule has 1 unspecified atom stereocenters. The first-order valence-corrected chi connectivity index (χ1v) is 6.83. The Labute approximate surface area is 119 Å². The van der Waals surface area contributed by atoms with Gasteiger partial charge in [0.1, 0.15) is 0 Å². The fourth-order valence-electron chi connectivity index (χ4n) is 2.58. The number of rotatable bonds is 2. The lowest BCUT2D eigenvalue weighted by Gasteiger charge is -2.17. The first kappa shape index (κ1) is 12.8. The number of aryl methyl sites for hydroxylation is 1. The predicted octanol–water partition coefficient (Wildman–Crippen LogP) is 3.90. The van der Waals surface area contributed by atoms with Gasteiger partial charge in [-0.15, -0.1) is 0 Å². The van der Waals surface area contributed by atoms with Crippen LogP contribution in [0.4, 0.5) is 0 Å². The Kier molecular flexibility index (Phi) is 3.25. The van der Waals surface area contributed by atoms with Gasteiger partial charge < -0.3 is 5.73 Å². The minimum Gasteiger partial charge on any atom is -0.320 e. The molecule has 1 atom stereocenters. The van der Waals surface area contributed by atoms with Crippen molar-refractivity contribution < 1.29 is 0 Å². The number of aromatic nitrogens is 1. The van der Waals surface area contributed by atoms with Crippen LogP contribution in [0, 0.1) is 13.8 Å². The average Bonchev–Trinajstić information content (AvgIpc) is 2.49. The summed E-state index contributed by atoms with van der Waals surface area (Å²) in [6.45, 7) is 4.25. The Morgan fingerprint density at radius 1 is 1.00 bits per heavy atom. The lowest BCUT2D eigenvalue weighted by Crippen LogP contribution is -2.13. The van der Waals surface area contributed by atoms with Gasteiger partial charge in [-0.05, 0) is 54.3 Å². The molecule has 0 aliphatic heterocycles. The first-order chi connectivity index (χ1) is 9.66. The topological polar surface area (TPSA) is 38.9 Å². The van der Waals surface area contributed by atoms with Crippen LogP contribution in [0.15, 0.2) is 54.7 Å². The van der Waals surface area contributed by atoms with Crippen molar-refractivity contribution in [1.29, 1.82) is 0 Å². The molecule has 1 heterocycles. The Bertz CT molecular complexity index is 762. The van der Waals surface area contributed by atoms with Crippen molar-refractivity contribution >= 4 is 10.9 Å². The smallest absolute Gasteiger partial charge is 0.0702 e. The number of fused-ring (bicyclic) bond motifs is 1. The molecule has 2 N–H and O–H groups in total. The minimum absolute atomic E-state index is 0.0977. The number of hydrogen-bond donors (Lipinski definition) is 1. The molecular formula is C18H18N2. The highest BCUT2D eigenvalue weighted by molar-refractivity contribution is 5.79. The molecule has 0 amide bonds. The van der Waals surface area contributed by atoms with Gasteiger partial charge in [-0.2, -0.15) is 0 Å². The number of nitrogens with two attached hydrogens (primary N) is 1. The Morgan fingerprint density at radius 2 is 1.85 bits per heavy atom. The summed E-state index contributed by atoms with van der Waals surface area (Å²) in [7, 11) is 0. The number of benzene rings is 2. The van der Waals surface area contributed by atoms with E-state index in [-0.39, 0.29) is 6.04 Å². The van der Waals surface area contributed by atoms with Crippen molar-refractivity contribution in [2.24, 2.45) is 5.73 Å². The van der Waals surface area contributed by atoms with Crippen molar-refractivity contribution in [3.05, 3.63) is 77.0 Å². The van der Waals surface area contributed by atoms with Crippen LogP contribution in [-0.4, -0.2) is 4.98 Å². The molecule has 0 fully saturated rings. The maximum atomic E-state index is 6.46. The zero-order valence-electron chi connectivity index (χ0n) is 11.8. The molecule has 100 valence electrons. The molecule has 2 aromatic carbocycles. The van der Waals surface area contributed by atoms with E-state index < -0.39 is 0 Å². The lowest BCUT2D eigenvalue weighted by atomic mass is 9.93. The van der Waals surface area contributed by atoms with E-state index in [1.165, 1.54) is 16.7 Å². The van der Waals surface area contributed by atoms with Gasteiger partial charge in [-0.3, -0.25) is 4.98 Å². The molecule has 0 spiro atoms. The third-order valence-electron chi connectivity index (χ3n) is 3.97. The molecule has 0 bridgehead atoms. The zero-order valence-corrected chi connectivity index (χ0v) is 11.8. The molecule has 0 aliphatic rings. The van der Waals surface area contributed by atoms with Crippen LogP contribution in [0.1, 0.15) is 28.3 Å². The van der Waals surface area contributed by atoms with Gasteiger partial charge in [-0.25, -0.2) is 0 Å². The second kappa shape index (κ2) is 5.06. The molecule has 0 saturated heterocycles. The summed E-state index contributed by atoms with van der Waals surface area (Å²) in [5.41, 5.74) is 12.3. The highest BCUT2D eigenvalue weighted by Gasteiger charge is 2.12. The molecule has 0 radical (unpaired) electrons. The van der Waals surface area contributed by atoms with Gasteiger partial charge >= 0.3 is 0 Å². The quantitative estimate of drug-likeness (QED) is 0.760. The van der Waals surface area contributed by atoms with Gasteiger partial charge in [-0.1, -0.05) is 30.3 Å². The van der Waals surface area contributed by atoms with E-state index in [9.17, 15) is 0 Å². The van der Waals surface area contributed by atoms with Crippen LogP contribution < -0.4 is 5.73 Å². The summed E-state index contributed by atoms with van der Waals surface area (Å²) >= 11 is 0. The highest BCUT2D eigenvalue weighted by atomic mass is 14.7. The third-order valence-corrected chi connectivity index (χ3v) is 3.97. The summed E-state index contributed by atoms with van der Waals surface area (Å²) in [6, 6.07) is 16.5. The van der Waals surface area contributed by atoms with Gasteiger partial charge in [0.25, 0.3) is 0 Å². The largest absolute Gasteiger partial charge is 0.320 e. The Balaban J connectivity index is 2.08. The summed E-state index contributed by atoms with van der Waals surface area (Å²) in [5, 5.41) is 1.13. The maximum absolute atomic E-state index is 6.46. The fraction of sp³-hybridized carbons (Fsp3) is 0.167. The SMILES string of the molecule is Cc1cccc(C(N)c2ccc3ncccc3c2)c1C. The zero-order chi connectivity index (χ0) is 14.1. The van der Waals surface area contributed by atoms with Gasteiger partial charge in [0.15, 0.2) is 0 Å². The van der Waals surface area contributed by atoms with E-state index in [1.807, 2.05) is 18.3 Å². The van der Waals surface area contributed by atoms with Crippen molar-refractivity contribution in [1.82, 2.24) is 4.98 Å². The number of pyridine rings is 1. The molecule has 1 aromatic heterocycles. The van der Waals surface area contributed by atoms with E-state index >= 15 is 0 Å². The van der Waals surface area contributed by atoms with E-state index in [4.69, 9.17) is 5.73 Å². The monoisotopic (exact) mass is 262 g/mol. The van der Waals surface area contributed by atoms with Crippen molar-refractivity contribution in [2.45, 2.75) is 19.9 Å². The molecule has 3 rings (SSSR count). The second-order valence-electron chi connectivity index (χ2n) is 5.22. The van der Waals surface area contributed by atoms with Crippen LogP contribution in [0.3, 0.4) is 0 Å². The molecule has 2 heteroatoms. The van der Waals surface area contributed by atoms with Crippen LogP contribution >= 0.6 is 0 Å². The van der Waals surface area contributed by atoms with E-state index in [0.717, 1.165) is 16.5 Å². The molecule has 0 aliphatic carbocycles. The molecule has 2 nitrogen and oxygen atoms in total. The van der Waals surface area contributed by atoms with E-state index in [0.29, 0.717) is 0 Å². The summed E-state index contributed by atoms with van der Waals surface area (Å²) < 4.78 is 0. The number of hydrogen-bond acceptors (Lipinski definition) is 2. The van der Waals surface area contributed by atoms with Crippen LogP contribution in [0.25, 0.3) is 10.9 Å². The van der Waals surface area contributed by atoms with Crippen LogP contribution in [0.2, 0.25) is 0 Å². The lowest BCUT2D eigenvalue weighted by molar-refractivity contribution is 0.860. The van der Waals surface area contributed by atoms with Gasteiger partial charge in [0.2, 0.25) is 0 Å². The second-order valence-corrected chi connectivity index (χ2v) is 5.22. The number of nitrogens with zero attached hydrogens (tertiary/aromatic N) is 1. The Morgan fingerprint density at radius 3 is 2.70 bits per heavy atom. The molecular weight excluding hydrogens is 244 g/mol. The molecule has 0 saturated carbocycles. The highest BCUT2D eigenvalue weighted by Crippen LogP contribution is 2.26. The summed E-state index contributed by atoms with van der Waals surface area (Å²) in [6.07, 6.45) is 1.81.